The molecule has 0 heterocycles. The van der Waals surface area contributed by atoms with Gasteiger partial charge in [-0.25, -0.2) is 4.79 Å². The number of carbonyl (C=O) groups is 2. The molecule has 0 aliphatic heterocycles. The number of ketones is 1. The van der Waals surface area contributed by atoms with Gasteiger partial charge in [-0.15, -0.1) is 0 Å². The number of Topliss-reactive ketones (excluding diaryl/α,β-unsaturated/α-hetero) is 1. The van der Waals surface area contributed by atoms with Crippen molar-refractivity contribution in [3.63, 3.8) is 0 Å². The van der Waals surface area contributed by atoms with Crippen molar-refractivity contribution in [1.29, 1.82) is 0 Å². The summed E-state index contributed by atoms with van der Waals surface area (Å²) < 4.78 is 0. The van der Waals surface area contributed by atoms with Crippen molar-refractivity contribution in [3.8, 4) is 0 Å². The maximum absolute atomic E-state index is 12.2. The number of carbonyl (C=O) groups excluding carboxylic acids is 1. The van der Waals surface area contributed by atoms with E-state index in [0.717, 1.165) is 25.3 Å². The van der Waals surface area contributed by atoms with Gasteiger partial charge in [0.1, 0.15) is 5.78 Å². The molecule has 1 saturated carbocycles. The highest BCUT2D eigenvalue weighted by atomic mass is 16.4. The van der Waals surface area contributed by atoms with Crippen LogP contribution in [0.5, 0.6) is 0 Å². The molecule has 28 heavy (non-hydrogen) atoms. The summed E-state index contributed by atoms with van der Waals surface area (Å²) in [5, 5.41) is 29.1. The van der Waals surface area contributed by atoms with Gasteiger partial charge in [0.25, 0.3) is 0 Å². The first kappa shape index (κ1) is 24.6. The molecule has 0 aromatic carbocycles. The molecule has 0 unspecified atom stereocenters. The summed E-state index contributed by atoms with van der Waals surface area (Å²) in [7, 11) is 0. The summed E-state index contributed by atoms with van der Waals surface area (Å²) in [5.74, 6) is -0.838. The van der Waals surface area contributed by atoms with Crippen LogP contribution in [0.1, 0.15) is 78.1 Å². The van der Waals surface area contributed by atoms with E-state index >= 15 is 0 Å². The number of carboxylic acid groups (broad SMARTS) is 1. The Balaban J connectivity index is 2.45. The molecule has 3 N–H and O–H groups in total. The van der Waals surface area contributed by atoms with Crippen LogP contribution in [0.3, 0.4) is 0 Å². The van der Waals surface area contributed by atoms with Crippen molar-refractivity contribution in [3.05, 3.63) is 24.3 Å². The van der Waals surface area contributed by atoms with E-state index in [-0.39, 0.29) is 24.0 Å². The molecule has 1 aliphatic rings. The predicted octanol–water partition coefficient (Wildman–Crippen LogP) is 4.28. The fourth-order valence-electron chi connectivity index (χ4n) is 4.01. The smallest absolute Gasteiger partial charge is 0.327 e. The minimum atomic E-state index is -0.947. The van der Waals surface area contributed by atoms with Gasteiger partial charge in [0.05, 0.1) is 12.2 Å². The molecule has 0 amide bonds. The van der Waals surface area contributed by atoms with E-state index in [1.54, 1.807) is 12.2 Å². The molecule has 1 rings (SSSR count). The lowest BCUT2D eigenvalue weighted by atomic mass is 9.88. The van der Waals surface area contributed by atoms with Gasteiger partial charge in [-0.3, -0.25) is 4.79 Å². The highest BCUT2D eigenvalue weighted by molar-refractivity contribution is 5.84. The molecule has 0 spiro atoms. The van der Waals surface area contributed by atoms with E-state index in [1.807, 2.05) is 6.08 Å². The Morgan fingerprint density at radius 1 is 1.25 bits per heavy atom. The third-order valence-electron chi connectivity index (χ3n) is 5.63. The lowest BCUT2D eigenvalue weighted by Crippen LogP contribution is -2.19. The van der Waals surface area contributed by atoms with E-state index in [4.69, 9.17) is 5.11 Å². The van der Waals surface area contributed by atoms with Crippen molar-refractivity contribution in [2.24, 2.45) is 17.8 Å². The molecule has 0 aromatic heterocycles. The quantitative estimate of drug-likeness (QED) is 0.232. The number of carboxylic acids is 1. The molecule has 160 valence electrons. The summed E-state index contributed by atoms with van der Waals surface area (Å²) in [4.78, 5) is 22.7. The molecule has 1 fully saturated rings. The standard InChI is InChI=1S/C23H38O5/c1-3-4-7-10-17(2)15-18(24)13-14-20-19(21(25)16-22(20)26)11-8-5-6-9-12-23(27)28/h9,12-14,17-20,22,24,26H,3-8,10-11,15-16H2,1-2H3,(H,27,28)/b12-9+,14-13+/t17-,18+,19+,20+,22+/m0/s1. The summed E-state index contributed by atoms with van der Waals surface area (Å²) in [6.07, 6.45) is 13.8. The lowest BCUT2D eigenvalue weighted by Gasteiger charge is -2.19. The maximum atomic E-state index is 12.2. The number of unbranched alkanes of at least 4 members (excludes halogenated alkanes) is 4. The van der Waals surface area contributed by atoms with E-state index in [1.165, 1.54) is 19.3 Å². The van der Waals surface area contributed by atoms with Gasteiger partial charge in [-0.05, 0) is 31.6 Å². The van der Waals surface area contributed by atoms with Crippen molar-refractivity contribution in [2.75, 3.05) is 0 Å². The number of aliphatic hydroxyl groups is 2. The minimum Gasteiger partial charge on any atom is -0.478 e. The molecule has 0 bridgehead atoms. The molecule has 0 aromatic rings. The van der Waals surface area contributed by atoms with Crippen LogP contribution in [0.25, 0.3) is 0 Å². The van der Waals surface area contributed by atoms with Gasteiger partial charge >= 0.3 is 5.97 Å². The Labute approximate surface area is 169 Å². The van der Waals surface area contributed by atoms with Crippen LogP contribution in [0.4, 0.5) is 0 Å². The number of rotatable bonds is 14. The first-order valence-corrected chi connectivity index (χ1v) is 10.8. The van der Waals surface area contributed by atoms with Gasteiger partial charge in [-0.1, -0.05) is 64.2 Å². The largest absolute Gasteiger partial charge is 0.478 e. The van der Waals surface area contributed by atoms with Crippen LogP contribution in [0.2, 0.25) is 0 Å². The number of aliphatic hydroxyl groups excluding tert-OH is 2. The van der Waals surface area contributed by atoms with Gasteiger partial charge in [0.15, 0.2) is 0 Å². The average Bonchev–Trinajstić information content (AvgIpc) is 2.89. The van der Waals surface area contributed by atoms with Gasteiger partial charge in [0, 0.05) is 24.3 Å². The third kappa shape index (κ3) is 9.65. The summed E-state index contributed by atoms with van der Waals surface area (Å²) >= 11 is 0. The molecule has 1 aliphatic carbocycles. The summed E-state index contributed by atoms with van der Waals surface area (Å²) in [6.45, 7) is 4.34. The molecular formula is C23H38O5. The zero-order valence-electron chi connectivity index (χ0n) is 17.4. The van der Waals surface area contributed by atoms with Gasteiger partial charge in [-0.2, -0.15) is 0 Å². The maximum Gasteiger partial charge on any atom is 0.327 e. The number of allylic oxidation sites excluding steroid dienone is 1. The highest BCUT2D eigenvalue weighted by Gasteiger charge is 2.39. The number of aliphatic carboxylic acids is 1. The van der Waals surface area contributed by atoms with Crippen molar-refractivity contribution >= 4 is 11.8 Å². The van der Waals surface area contributed by atoms with Gasteiger partial charge < -0.3 is 15.3 Å². The van der Waals surface area contributed by atoms with E-state index in [2.05, 4.69) is 13.8 Å². The summed E-state index contributed by atoms with van der Waals surface area (Å²) in [6, 6.07) is 0. The fourth-order valence-corrected chi connectivity index (χ4v) is 4.01. The van der Waals surface area contributed by atoms with Gasteiger partial charge in [0.2, 0.25) is 0 Å². The first-order valence-electron chi connectivity index (χ1n) is 10.8. The van der Waals surface area contributed by atoms with Crippen LogP contribution in [0, 0.1) is 17.8 Å². The zero-order valence-corrected chi connectivity index (χ0v) is 17.4. The molecular weight excluding hydrogens is 356 g/mol. The SMILES string of the molecule is CCCCC[C@H](C)C[C@H](O)/C=C/[C@H]1[C@H](O)CC(=O)[C@@H]1CCCC/C=C/C(=O)O. The Hall–Kier alpha value is -1.46. The lowest BCUT2D eigenvalue weighted by molar-refractivity contribution is -0.131. The van der Waals surface area contributed by atoms with E-state index in [0.29, 0.717) is 25.2 Å². The Morgan fingerprint density at radius 3 is 2.68 bits per heavy atom. The van der Waals surface area contributed by atoms with Crippen molar-refractivity contribution in [1.82, 2.24) is 0 Å². The second-order valence-corrected chi connectivity index (χ2v) is 8.24. The number of hydrogen-bond acceptors (Lipinski definition) is 4. The van der Waals surface area contributed by atoms with Crippen molar-refractivity contribution in [2.45, 2.75) is 90.3 Å². The molecule has 5 nitrogen and oxygen atoms in total. The van der Waals surface area contributed by atoms with E-state index in [9.17, 15) is 19.8 Å². The van der Waals surface area contributed by atoms with Crippen LogP contribution >= 0.6 is 0 Å². The van der Waals surface area contributed by atoms with Crippen LogP contribution in [0.15, 0.2) is 24.3 Å². The predicted molar refractivity (Wildman–Crippen MR) is 111 cm³/mol. The topological polar surface area (TPSA) is 94.8 Å². The van der Waals surface area contributed by atoms with E-state index < -0.39 is 18.2 Å². The van der Waals surface area contributed by atoms with Crippen LogP contribution in [-0.4, -0.2) is 39.3 Å². The average molecular weight is 395 g/mol. The monoisotopic (exact) mass is 394 g/mol. The zero-order chi connectivity index (χ0) is 20.9. The fraction of sp³-hybridized carbons (Fsp3) is 0.739. The minimum absolute atomic E-state index is 0.0886. The third-order valence-corrected chi connectivity index (χ3v) is 5.63. The Kier molecular flexibility index (Phi) is 12.0. The molecule has 0 saturated heterocycles. The second kappa shape index (κ2) is 13.7. The normalized spacial score (nSPS) is 25.0. The van der Waals surface area contributed by atoms with Crippen LogP contribution in [-0.2, 0) is 9.59 Å². The first-order chi connectivity index (χ1) is 13.3. The Morgan fingerprint density at radius 2 is 2.00 bits per heavy atom. The second-order valence-electron chi connectivity index (χ2n) is 8.24. The molecule has 5 atom stereocenters. The highest BCUT2D eigenvalue weighted by Crippen LogP contribution is 2.34. The number of hydrogen-bond donors (Lipinski definition) is 3. The van der Waals surface area contributed by atoms with Crippen molar-refractivity contribution < 1.29 is 24.9 Å². The molecule has 0 radical (unpaired) electrons. The summed E-state index contributed by atoms with van der Waals surface area (Å²) in [5.41, 5.74) is 0. The van der Waals surface area contributed by atoms with Crippen LogP contribution < -0.4 is 0 Å². The molecule has 5 heteroatoms. The Bertz CT molecular complexity index is 525.